The summed E-state index contributed by atoms with van der Waals surface area (Å²) in [7, 11) is 0. The van der Waals surface area contributed by atoms with Crippen LogP contribution in [-0.2, 0) is 4.79 Å². The van der Waals surface area contributed by atoms with Gasteiger partial charge < -0.3 is 10.6 Å². The summed E-state index contributed by atoms with van der Waals surface area (Å²) in [6.45, 7) is -0.210. The van der Waals surface area contributed by atoms with E-state index in [1.54, 1.807) is 0 Å². The van der Waals surface area contributed by atoms with Gasteiger partial charge in [0, 0.05) is 12.7 Å². The Morgan fingerprint density at radius 2 is 2.29 bits per heavy atom. The Kier molecular flexibility index (Phi) is 2.82. The van der Waals surface area contributed by atoms with Gasteiger partial charge in [0.05, 0.1) is 11.9 Å². The molecule has 0 saturated carbocycles. The first kappa shape index (κ1) is 11.9. The lowest BCUT2D eigenvalue weighted by Gasteiger charge is -2.29. The molecular weight excluding hydrogens is 237 g/mol. The molecule has 17 heavy (non-hydrogen) atoms. The van der Waals surface area contributed by atoms with E-state index >= 15 is 0 Å². The number of hydrogen-bond acceptors (Lipinski definition) is 3. The molecule has 1 aromatic heterocycles. The Hall–Kier alpha value is -1.57. The molecule has 0 aromatic carbocycles. The molecule has 0 spiro atoms. The first-order valence-corrected chi connectivity index (χ1v) is 5.03. The van der Waals surface area contributed by atoms with Crippen molar-refractivity contribution < 1.29 is 18.0 Å². The molecular formula is C9H11F3N4O. The Balaban J connectivity index is 2.20. The van der Waals surface area contributed by atoms with Crippen molar-refractivity contribution in [3.8, 4) is 0 Å². The summed E-state index contributed by atoms with van der Waals surface area (Å²) in [6, 6.07) is 0. The largest absolute Gasteiger partial charge is 0.404 e. The number of carbonyl (C=O) groups is 1. The smallest absolute Gasteiger partial charge is 0.323 e. The van der Waals surface area contributed by atoms with Crippen molar-refractivity contribution in [2.75, 3.05) is 18.4 Å². The van der Waals surface area contributed by atoms with Gasteiger partial charge in [-0.1, -0.05) is 0 Å². The van der Waals surface area contributed by atoms with Crippen molar-refractivity contribution in [1.29, 1.82) is 0 Å². The average molecular weight is 248 g/mol. The van der Waals surface area contributed by atoms with E-state index in [4.69, 9.17) is 0 Å². The Labute approximate surface area is 94.8 Å². The lowest BCUT2D eigenvalue weighted by molar-refractivity contribution is -0.213. The highest BCUT2D eigenvalue weighted by Gasteiger charge is 2.61. The van der Waals surface area contributed by atoms with Gasteiger partial charge in [0.25, 0.3) is 0 Å². The van der Waals surface area contributed by atoms with E-state index in [9.17, 15) is 18.0 Å². The minimum Gasteiger partial charge on any atom is -0.323 e. The van der Waals surface area contributed by atoms with Gasteiger partial charge >= 0.3 is 6.18 Å². The van der Waals surface area contributed by atoms with Crippen molar-refractivity contribution in [3.63, 3.8) is 0 Å². The predicted octanol–water partition coefficient (Wildman–Crippen LogP) is 0.890. The minimum absolute atomic E-state index is 0.179. The molecule has 1 atom stereocenters. The summed E-state index contributed by atoms with van der Waals surface area (Å²) in [5.74, 6) is -1.04. The van der Waals surface area contributed by atoms with Crippen molar-refractivity contribution in [1.82, 2.24) is 15.5 Å². The van der Waals surface area contributed by atoms with Crippen LogP contribution in [0.2, 0.25) is 0 Å². The molecule has 94 valence electrons. The molecule has 0 radical (unpaired) electrons. The van der Waals surface area contributed by atoms with Crippen LogP contribution in [0.25, 0.3) is 0 Å². The van der Waals surface area contributed by atoms with Gasteiger partial charge in [-0.05, 0) is 13.0 Å². The highest BCUT2D eigenvalue weighted by Crippen LogP contribution is 2.43. The number of amides is 1. The molecule has 8 heteroatoms. The number of halogens is 3. The maximum absolute atomic E-state index is 13.0. The molecule has 5 nitrogen and oxygen atoms in total. The normalized spacial score (nSPS) is 24.9. The Morgan fingerprint density at radius 1 is 1.53 bits per heavy atom. The van der Waals surface area contributed by atoms with Crippen molar-refractivity contribution in [3.05, 3.63) is 12.4 Å². The van der Waals surface area contributed by atoms with Gasteiger partial charge in [-0.3, -0.25) is 9.89 Å². The van der Waals surface area contributed by atoms with Gasteiger partial charge in [-0.2, -0.15) is 18.3 Å². The second kappa shape index (κ2) is 4.02. The molecule has 2 heterocycles. The maximum Gasteiger partial charge on any atom is 0.404 e. The highest BCUT2D eigenvalue weighted by molar-refractivity contribution is 5.96. The summed E-state index contributed by atoms with van der Waals surface area (Å²) < 4.78 is 38.9. The zero-order valence-corrected chi connectivity index (χ0v) is 8.77. The third kappa shape index (κ3) is 1.99. The summed E-state index contributed by atoms with van der Waals surface area (Å²) in [5.41, 5.74) is -2.12. The molecule has 1 fully saturated rings. The molecule has 3 N–H and O–H groups in total. The number of anilines is 1. The third-order valence-corrected chi connectivity index (χ3v) is 2.89. The van der Waals surface area contributed by atoms with Crippen LogP contribution in [0, 0.1) is 5.41 Å². The number of H-pyrrole nitrogens is 1. The highest BCUT2D eigenvalue weighted by atomic mass is 19.4. The first-order valence-electron chi connectivity index (χ1n) is 5.03. The minimum atomic E-state index is -4.57. The molecule has 2 rings (SSSR count). The Bertz CT molecular complexity index is 395. The second-order valence-corrected chi connectivity index (χ2v) is 3.95. The van der Waals surface area contributed by atoms with E-state index < -0.39 is 17.5 Å². The predicted molar refractivity (Wildman–Crippen MR) is 53.2 cm³/mol. The fourth-order valence-corrected chi connectivity index (χ4v) is 1.83. The van der Waals surface area contributed by atoms with Gasteiger partial charge in [0.1, 0.15) is 0 Å². The van der Waals surface area contributed by atoms with Crippen molar-refractivity contribution in [2.24, 2.45) is 5.41 Å². The SMILES string of the molecule is O=C(Nc1cn[nH]c1)C1(C(F)(F)F)CCNC1. The van der Waals surface area contributed by atoms with Crippen LogP contribution in [0.15, 0.2) is 12.4 Å². The zero-order valence-electron chi connectivity index (χ0n) is 8.77. The lowest BCUT2D eigenvalue weighted by atomic mass is 9.85. The zero-order chi connectivity index (χ0) is 12.5. The molecule has 1 amide bonds. The maximum atomic E-state index is 13.0. The van der Waals surface area contributed by atoms with Crippen LogP contribution in [0.5, 0.6) is 0 Å². The molecule has 1 aliphatic rings. The number of nitrogens with one attached hydrogen (secondary N) is 3. The summed E-state index contributed by atoms with van der Waals surface area (Å²) in [5, 5.41) is 10.8. The van der Waals surface area contributed by atoms with Crippen LogP contribution in [0.4, 0.5) is 18.9 Å². The third-order valence-electron chi connectivity index (χ3n) is 2.89. The monoisotopic (exact) mass is 248 g/mol. The molecule has 0 bridgehead atoms. The number of alkyl halides is 3. The molecule has 0 aliphatic carbocycles. The van der Waals surface area contributed by atoms with Gasteiger partial charge in [-0.25, -0.2) is 0 Å². The number of aromatic nitrogens is 2. The van der Waals surface area contributed by atoms with E-state index in [2.05, 4.69) is 20.8 Å². The van der Waals surface area contributed by atoms with Crippen LogP contribution in [-0.4, -0.2) is 35.4 Å². The number of nitrogens with zero attached hydrogens (tertiary/aromatic N) is 1. The van der Waals surface area contributed by atoms with Crippen molar-refractivity contribution in [2.45, 2.75) is 12.6 Å². The Morgan fingerprint density at radius 3 is 2.76 bits per heavy atom. The molecule has 1 saturated heterocycles. The van der Waals surface area contributed by atoms with Crippen molar-refractivity contribution >= 4 is 11.6 Å². The van der Waals surface area contributed by atoms with E-state index in [0.717, 1.165) is 0 Å². The number of hydrogen-bond donors (Lipinski definition) is 3. The summed E-state index contributed by atoms with van der Waals surface area (Å²) in [4.78, 5) is 11.8. The fraction of sp³-hybridized carbons (Fsp3) is 0.556. The number of carbonyl (C=O) groups excluding carboxylic acids is 1. The van der Waals surface area contributed by atoms with Crippen LogP contribution >= 0.6 is 0 Å². The molecule has 1 unspecified atom stereocenters. The van der Waals surface area contributed by atoms with Crippen LogP contribution < -0.4 is 10.6 Å². The summed E-state index contributed by atoms with van der Waals surface area (Å²) in [6.07, 6.45) is -2.24. The fourth-order valence-electron chi connectivity index (χ4n) is 1.83. The van der Waals surface area contributed by atoms with E-state index in [1.165, 1.54) is 12.4 Å². The quantitative estimate of drug-likeness (QED) is 0.728. The summed E-state index contributed by atoms with van der Waals surface area (Å²) >= 11 is 0. The van der Waals surface area contributed by atoms with Gasteiger partial charge in [-0.15, -0.1) is 0 Å². The molecule has 1 aliphatic heterocycles. The van der Waals surface area contributed by atoms with Crippen LogP contribution in [0.1, 0.15) is 6.42 Å². The van der Waals surface area contributed by atoms with E-state index in [0.29, 0.717) is 0 Å². The van der Waals surface area contributed by atoms with E-state index in [1.807, 2.05) is 0 Å². The first-order chi connectivity index (χ1) is 7.96. The van der Waals surface area contributed by atoms with E-state index in [-0.39, 0.29) is 25.2 Å². The average Bonchev–Trinajstić information content (AvgIpc) is 2.85. The second-order valence-electron chi connectivity index (χ2n) is 3.95. The van der Waals surface area contributed by atoms with Gasteiger partial charge in [0.15, 0.2) is 5.41 Å². The lowest BCUT2D eigenvalue weighted by Crippen LogP contribution is -2.49. The van der Waals surface area contributed by atoms with Crippen LogP contribution in [0.3, 0.4) is 0 Å². The number of aromatic amines is 1. The van der Waals surface area contributed by atoms with Gasteiger partial charge in [0.2, 0.25) is 5.91 Å². The standard InChI is InChI=1S/C9H11F3N4O/c10-9(11,12)8(1-2-13-5-8)7(17)16-6-3-14-15-4-6/h3-4,13H,1-2,5H2,(H,14,15)(H,16,17). The number of rotatable bonds is 2. The topological polar surface area (TPSA) is 69.8 Å². The molecule has 1 aromatic rings.